The average Bonchev–Trinajstić information content (AvgIpc) is 2.79. The summed E-state index contributed by atoms with van der Waals surface area (Å²) in [5.41, 5.74) is 3.38. The van der Waals surface area contributed by atoms with Crippen LogP contribution in [0.3, 0.4) is 0 Å². The number of amides is 2. The number of carbonyl (C=O) groups excluding carboxylic acids is 2. The van der Waals surface area contributed by atoms with Crippen molar-refractivity contribution in [1.82, 2.24) is 10.2 Å². The maximum atomic E-state index is 13.5. The molecule has 1 N–H and O–H groups in total. The van der Waals surface area contributed by atoms with Crippen LogP contribution in [-0.2, 0) is 32.6 Å². The summed E-state index contributed by atoms with van der Waals surface area (Å²) in [5, 5.41) is 2.88. The maximum Gasteiger partial charge on any atom is 0.244 e. The van der Waals surface area contributed by atoms with Crippen molar-refractivity contribution < 1.29 is 18.0 Å². The predicted molar refractivity (Wildman–Crippen MR) is 137 cm³/mol. The first kappa shape index (κ1) is 27.4. The van der Waals surface area contributed by atoms with E-state index < -0.39 is 28.5 Å². The highest BCUT2D eigenvalue weighted by molar-refractivity contribution is 7.92. The van der Waals surface area contributed by atoms with Crippen LogP contribution in [0.4, 0.5) is 5.69 Å². The number of benzene rings is 2. The minimum absolute atomic E-state index is 0.203. The second-order valence-electron chi connectivity index (χ2n) is 9.05. The van der Waals surface area contributed by atoms with Crippen molar-refractivity contribution >= 4 is 27.5 Å². The smallest absolute Gasteiger partial charge is 0.244 e. The van der Waals surface area contributed by atoms with Gasteiger partial charge in [-0.1, -0.05) is 57.2 Å². The topological polar surface area (TPSA) is 86.8 Å². The number of nitrogens with one attached hydrogen (secondary N) is 1. The Morgan fingerprint density at radius 2 is 1.62 bits per heavy atom. The van der Waals surface area contributed by atoms with Crippen LogP contribution in [-0.4, -0.2) is 50.5 Å². The van der Waals surface area contributed by atoms with Crippen LogP contribution in [0.5, 0.6) is 0 Å². The van der Waals surface area contributed by atoms with E-state index in [0.717, 1.165) is 33.7 Å². The highest BCUT2D eigenvalue weighted by Gasteiger charge is 2.30. The zero-order valence-corrected chi connectivity index (χ0v) is 21.9. The Labute approximate surface area is 204 Å². The zero-order valence-electron chi connectivity index (χ0n) is 21.0. The summed E-state index contributed by atoms with van der Waals surface area (Å²) in [6.45, 7) is 9.93. The highest BCUT2D eigenvalue weighted by atomic mass is 32.2. The fraction of sp³-hybridized carbons (Fsp3) is 0.462. The Bertz CT molecular complexity index is 1080. The molecular weight excluding hydrogens is 450 g/mol. The van der Waals surface area contributed by atoms with E-state index in [1.54, 1.807) is 19.1 Å². The number of rotatable bonds is 11. The number of hydrogen-bond acceptors (Lipinski definition) is 4. The Morgan fingerprint density at radius 1 is 1.00 bits per heavy atom. The lowest BCUT2D eigenvalue weighted by Crippen LogP contribution is -2.51. The van der Waals surface area contributed by atoms with Crippen LogP contribution in [0.25, 0.3) is 0 Å². The Kier molecular flexibility index (Phi) is 9.67. The van der Waals surface area contributed by atoms with Gasteiger partial charge in [-0.15, -0.1) is 0 Å². The molecule has 0 saturated carbocycles. The van der Waals surface area contributed by atoms with Crippen LogP contribution in [0.15, 0.2) is 48.5 Å². The number of hydrogen-bond donors (Lipinski definition) is 1. The first-order valence-electron chi connectivity index (χ1n) is 11.6. The van der Waals surface area contributed by atoms with Gasteiger partial charge in [0, 0.05) is 13.1 Å². The third-order valence-corrected chi connectivity index (χ3v) is 6.91. The summed E-state index contributed by atoms with van der Waals surface area (Å²) in [6.07, 6.45) is 1.91. The van der Waals surface area contributed by atoms with E-state index in [4.69, 9.17) is 0 Å². The van der Waals surface area contributed by atoms with Crippen molar-refractivity contribution in [3.63, 3.8) is 0 Å². The van der Waals surface area contributed by atoms with Crippen LogP contribution in [0.1, 0.15) is 44.4 Å². The Balaban J connectivity index is 2.37. The normalized spacial score (nSPS) is 12.3. The molecule has 34 heavy (non-hydrogen) atoms. The minimum atomic E-state index is -3.73. The quantitative estimate of drug-likeness (QED) is 0.525. The molecule has 0 aliphatic carbocycles. The first-order chi connectivity index (χ1) is 15.9. The lowest BCUT2D eigenvalue weighted by molar-refractivity contribution is -0.139. The number of carbonyl (C=O) groups is 2. The van der Waals surface area contributed by atoms with Crippen molar-refractivity contribution in [1.29, 1.82) is 0 Å². The Morgan fingerprint density at radius 3 is 2.15 bits per heavy atom. The maximum absolute atomic E-state index is 13.5. The molecule has 0 bridgehead atoms. The molecule has 0 aliphatic rings. The molecule has 0 saturated heterocycles. The van der Waals surface area contributed by atoms with Gasteiger partial charge in [-0.25, -0.2) is 8.42 Å². The zero-order chi connectivity index (χ0) is 25.5. The van der Waals surface area contributed by atoms with Crippen molar-refractivity contribution in [2.45, 2.75) is 53.6 Å². The van der Waals surface area contributed by atoms with Gasteiger partial charge in [0.05, 0.1) is 11.9 Å². The second-order valence-corrected chi connectivity index (χ2v) is 11.0. The summed E-state index contributed by atoms with van der Waals surface area (Å²) in [6, 6.07) is 14.0. The van der Waals surface area contributed by atoms with Gasteiger partial charge in [0.25, 0.3) is 0 Å². The number of aryl methyl sites for hydroxylation is 2. The van der Waals surface area contributed by atoms with Crippen LogP contribution >= 0.6 is 0 Å². The summed E-state index contributed by atoms with van der Waals surface area (Å²) in [4.78, 5) is 27.8. The third-order valence-electron chi connectivity index (χ3n) is 5.77. The highest BCUT2D eigenvalue weighted by Crippen LogP contribution is 2.20. The van der Waals surface area contributed by atoms with Gasteiger partial charge in [0.2, 0.25) is 21.8 Å². The molecule has 0 radical (unpaired) electrons. The van der Waals surface area contributed by atoms with E-state index in [2.05, 4.69) is 5.32 Å². The molecule has 186 valence electrons. The molecule has 0 heterocycles. The molecule has 1 atom stereocenters. The summed E-state index contributed by atoms with van der Waals surface area (Å²) < 4.78 is 26.3. The van der Waals surface area contributed by atoms with Crippen LogP contribution in [0.2, 0.25) is 0 Å². The van der Waals surface area contributed by atoms with Gasteiger partial charge in [0.1, 0.15) is 12.6 Å². The van der Waals surface area contributed by atoms with Crippen molar-refractivity contribution in [3.8, 4) is 0 Å². The number of nitrogens with zero attached hydrogens (tertiary/aromatic N) is 2. The Hall–Kier alpha value is -2.87. The van der Waals surface area contributed by atoms with Gasteiger partial charge in [-0.05, 0) is 55.0 Å². The molecule has 2 aromatic carbocycles. The molecule has 1 unspecified atom stereocenters. The van der Waals surface area contributed by atoms with Crippen molar-refractivity contribution in [3.05, 3.63) is 65.2 Å². The first-order valence-corrected chi connectivity index (χ1v) is 13.5. The lowest BCUT2D eigenvalue weighted by atomic mass is 10.1. The molecule has 7 nitrogen and oxygen atoms in total. The minimum Gasteiger partial charge on any atom is -0.354 e. The SMILES string of the molecule is CCc1ccc(N(CC(=O)N(Cc2ccccc2C)C(C)C(=O)NCC(C)C)S(C)(=O)=O)cc1. The number of sulfonamides is 1. The molecule has 2 aromatic rings. The van der Waals surface area contributed by atoms with Crippen molar-refractivity contribution in [2.24, 2.45) is 5.92 Å². The van der Waals surface area contributed by atoms with E-state index in [1.807, 2.05) is 64.1 Å². The lowest BCUT2D eigenvalue weighted by Gasteiger charge is -2.32. The van der Waals surface area contributed by atoms with E-state index in [0.29, 0.717) is 12.2 Å². The fourth-order valence-corrected chi connectivity index (χ4v) is 4.37. The molecule has 2 rings (SSSR count). The van der Waals surface area contributed by atoms with Crippen molar-refractivity contribution in [2.75, 3.05) is 23.7 Å². The summed E-state index contributed by atoms with van der Waals surface area (Å²) in [7, 11) is -3.73. The van der Waals surface area contributed by atoms with Gasteiger partial charge in [-0.3, -0.25) is 13.9 Å². The van der Waals surface area contributed by atoms with Gasteiger partial charge >= 0.3 is 0 Å². The van der Waals surface area contributed by atoms with Crippen LogP contribution < -0.4 is 9.62 Å². The summed E-state index contributed by atoms with van der Waals surface area (Å²) >= 11 is 0. The third kappa shape index (κ3) is 7.58. The van der Waals surface area contributed by atoms with Crippen LogP contribution in [0, 0.1) is 12.8 Å². The molecule has 0 aliphatic heterocycles. The molecule has 8 heteroatoms. The molecule has 2 amide bonds. The van der Waals surface area contributed by atoms with Gasteiger partial charge in [0.15, 0.2) is 0 Å². The van der Waals surface area contributed by atoms with E-state index in [-0.39, 0.29) is 18.4 Å². The van der Waals surface area contributed by atoms with E-state index in [9.17, 15) is 18.0 Å². The van der Waals surface area contributed by atoms with Gasteiger partial charge < -0.3 is 10.2 Å². The predicted octanol–water partition coefficient (Wildman–Crippen LogP) is 3.51. The molecule has 0 aromatic heterocycles. The molecule has 0 fully saturated rings. The van der Waals surface area contributed by atoms with Gasteiger partial charge in [-0.2, -0.15) is 0 Å². The van der Waals surface area contributed by atoms with E-state index >= 15 is 0 Å². The molecule has 0 spiro atoms. The monoisotopic (exact) mass is 487 g/mol. The summed E-state index contributed by atoms with van der Waals surface area (Å²) in [5.74, 6) is -0.447. The fourth-order valence-electron chi connectivity index (χ4n) is 3.52. The standard InChI is InChI=1S/C26H37N3O4S/c1-7-22-12-14-24(15-13-22)29(34(6,32)33)18-25(30)28(17-23-11-9-8-10-20(23)4)21(5)26(31)27-16-19(2)3/h8-15,19,21H,7,16-18H2,1-6H3,(H,27,31). The number of anilines is 1. The molecular formula is C26H37N3O4S. The second kappa shape index (κ2) is 12.0. The average molecular weight is 488 g/mol. The largest absolute Gasteiger partial charge is 0.354 e. The van der Waals surface area contributed by atoms with E-state index in [1.165, 1.54) is 4.90 Å².